The molecule has 0 aromatic heterocycles. The first-order chi connectivity index (χ1) is 11.7. The normalized spacial score (nSPS) is 20.5. The van der Waals surface area contributed by atoms with E-state index in [1.54, 1.807) is 7.11 Å². The van der Waals surface area contributed by atoms with Crippen LogP contribution in [0.4, 0.5) is 5.69 Å². The molecule has 2 rings (SSSR count). The molecule has 1 aliphatic carbocycles. The summed E-state index contributed by atoms with van der Waals surface area (Å²) in [6.07, 6.45) is 5.10. The van der Waals surface area contributed by atoms with Gasteiger partial charge in [-0.25, -0.2) is 0 Å². The second kappa shape index (κ2) is 12.4. The first kappa shape index (κ1) is 22.0. The Hall–Kier alpha value is -1.02. The molecular formula is C19H33IN4O. The quantitative estimate of drug-likeness (QED) is 0.252. The number of aliphatic imine (C=N–C) groups is 1. The maximum absolute atomic E-state index is 5.04. The monoisotopic (exact) mass is 460 g/mol. The van der Waals surface area contributed by atoms with Crippen LogP contribution in [0.15, 0.2) is 29.3 Å². The van der Waals surface area contributed by atoms with Crippen LogP contribution in [0.25, 0.3) is 0 Å². The molecule has 0 heterocycles. The van der Waals surface area contributed by atoms with Crippen molar-refractivity contribution in [2.75, 3.05) is 32.6 Å². The Morgan fingerprint density at radius 1 is 1.16 bits per heavy atom. The number of anilines is 1. The van der Waals surface area contributed by atoms with Crippen molar-refractivity contribution in [1.82, 2.24) is 10.6 Å². The van der Waals surface area contributed by atoms with Crippen LogP contribution < -0.4 is 16.0 Å². The third kappa shape index (κ3) is 8.27. The van der Waals surface area contributed by atoms with Gasteiger partial charge < -0.3 is 20.7 Å². The summed E-state index contributed by atoms with van der Waals surface area (Å²) in [6.45, 7) is 4.66. The third-order valence-electron chi connectivity index (χ3n) is 4.63. The summed E-state index contributed by atoms with van der Waals surface area (Å²) in [5.41, 5.74) is 2.36. The molecule has 6 heteroatoms. The lowest BCUT2D eigenvalue weighted by molar-refractivity contribution is 0.211. The molecule has 0 amide bonds. The fraction of sp³-hybridized carbons (Fsp3) is 0.632. The number of benzene rings is 1. The van der Waals surface area contributed by atoms with Gasteiger partial charge >= 0.3 is 0 Å². The molecule has 5 nitrogen and oxygen atoms in total. The third-order valence-corrected chi connectivity index (χ3v) is 4.63. The maximum Gasteiger partial charge on any atom is 0.191 e. The molecule has 0 atom stereocenters. The Morgan fingerprint density at radius 2 is 1.84 bits per heavy atom. The molecule has 1 aliphatic rings. The van der Waals surface area contributed by atoms with E-state index in [9.17, 15) is 0 Å². The number of guanidine groups is 1. The van der Waals surface area contributed by atoms with E-state index < -0.39 is 0 Å². The molecule has 1 saturated carbocycles. The Kier molecular flexibility index (Phi) is 10.9. The summed E-state index contributed by atoms with van der Waals surface area (Å²) >= 11 is 0. The lowest BCUT2D eigenvalue weighted by Crippen LogP contribution is -2.44. The second-order valence-corrected chi connectivity index (χ2v) is 6.64. The van der Waals surface area contributed by atoms with Gasteiger partial charge in [0.05, 0.1) is 6.61 Å². The van der Waals surface area contributed by atoms with Gasteiger partial charge in [-0.2, -0.15) is 0 Å². The van der Waals surface area contributed by atoms with Gasteiger partial charge in [-0.05, 0) is 49.3 Å². The highest BCUT2D eigenvalue weighted by atomic mass is 127. The van der Waals surface area contributed by atoms with E-state index in [-0.39, 0.29) is 24.0 Å². The van der Waals surface area contributed by atoms with Crippen LogP contribution in [0.3, 0.4) is 0 Å². The summed E-state index contributed by atoms with van der Waals surface area (Å²) in [5.74, 6) is 1.77. The number of rotatable bonds is 7. The summed E-state index contributed by atoms with van der Waals surface area (Å²) in [4.78, 5) is 4.35. The summed E-state index contributed by atoms with van der Waals surface area (Å²) in [7, 11) is 3.55. The SMILES string of the molecule is CN=C(NCc1ccc(NCCOC)cc1)NC1CCC(C)CC1.I. The summed E-state index contributed by atoms with van der Waals surface area (Å²) in [6, 6.07) is 9.03. The summed E-state index contributed by atoms with van der Waals surface area (Å²) < 4.78 is 5.04. The highest BCUT2D eigenvalue weighted by Crippen LogP contribution is 2.23. The summed E-state index contributed by atoms with van der Waals surface area (Å²) in [5, 5.41) is 10.3. The van der Waals surface area contributed by atoms with Crippen LogP contribution in [0.5, 0.6) is 0 Å². The molecule has 1 aromatic rings. The van der Waals surface area contributed by atoms with Gasteiger partial charge in [0, 0.05) is 39.0 Å². The van der Waals surface area contributed by atoms with Gasteiger partial charge in [0.25, 0.3) is 0 Å². The van der Waals surface area contributed by atoms with Crippen molar-refractivity contribution in [3.63, 3.8) is 0 Å². The number of methoxy groups -OCH3 is 1. The van der Waals surface area contributed by atoms with Crippen LogP contribution in [0.1, 0.15) is 38.2 Å². The van der Waals surface area contributed by atoms with E-state index in [0.29, 0.717) is 12.6 Å². The van der Waals surface area contributed by atoms with Crippen LogP contribution in [0.2, 0.25) is 0 Å². The van der Waals surface area contributed by atoms with Crippen LogP contribution >= 0.6 is 24.0 Å². The molecule has 1 aromatic carbocycles. The zero-order valence-corrected chi connectivity index (χ0v) is 18.0. The van der Waals surface area contributed by atoms with Crippen molar-refractivity contribution >= 4 is 35.6 Å². The Bertz CT molecular complexity index is 499. The highest BCUT2D eigenvalue weighted by molar-refractivity contribution is 14.0. The minimum absolute atomic E-state index is 0. The van der Waals surface area contributed by atoms with Gasteiger partial charge in [0.2, 0.25) is 0 Å². The molecule has 1 fully saturated rings. The lowest BCUT2D eigenvalue weighted by Gasteiger charge is -2.28. The molecule has 0 unspecified atom stereocenters. The van der Waals surface area contributed by atoms with Crippen molar-refractivity contribution < 1.29 is 4.74 Å². The molecule has 0 aliphatic heterocycles. The predicted molar refractivity (Wildman–Crippen MR) is 117 cm³/mol. The van der Waals surface area contributed by atoms with E-state index >= 15 is 0 Å². The molecule has 0 saturated heterocycles. The minimum Gasteiger partial charge on any atom is -0.383 e. The van der Waals surface area contributed by atoms with Gasteiger partial charge in [-0.1, -0.05) is 19.1 Å². The van der Waals surface area contributed by atoms with Crippen LogP contribution in [0, 0.1) is 5.92 Å². The Morgan fingerprint density at radius 3 is 2.44 bits per heavy atom. The fourth-order valence-corrected chi connectivity index (χ4v) is 3.02. The Balaban J connectivity index is 0.00000312. The van der Waals surface area contributed by atoms with E-state index in [2.05, 4.69) is 52.1 Å². The first-order valence-corrected chi connectivity index (χ1v) is 9.00. The van der Waals surface area contributed by atoms with Gasteiger partial charge in [-0.15, -0.1) is 24.0 Å². The van der Waals surface area contributed by atoms with E-state index in [4.69, 9.17) is 4.74 Å². The first-order valence-electron chi connectivity index (χ1n) is 9.00. The van der Waals surface area contributed by atoms with Crippen molar-refractivity contribution in [3.8, 4) is 0 Å². The van der Waals surface area contributed by atoms with Crippen LogP contribution in [-0.2, 0) is 11.3 Å². The average Bonchev–Trinajstić information content (AvgIpc) is 2.61. The largest absolute Gasteiger partial charge is 0.383 e. The highest BCUT2D eigenvalue weighted by Gasteiger charge is 2.18. The standard InChI is InChI=1S/C19H32N4O.HI/c1-15-4-8-18(9-5-15)23-19(20-2)22-14-16-6-10-17(11-7-16)21-12-13-24-3;/h6-7,10-11,15,18,21H,4-5,8-9,12-14H2,1-3H3,(H2,20,22,23);1H. The maximum atomic E-state index is 5.04. The average molecular weight is 460 g/mol. The van der Waals surface area contributed by atoms with Crippen molar-refractivity contribution in [2.45, 2.75) is 45.2 Å². The number of nitrogens with zero attached hydrogens (tertiary/aromatic N) is 1. The second-order valence-electron chi connectivity index (χ2n) is 6.64. The van der Waals surface area contributed by atoms with E-state index in [0.717, 1.165) is 30.7 Å². The fourth-order valence-electron chi connectivity index (χ4n) is 3.02. The predicted octanol–water partition coefficient (Wildman–Crippen LogP) is 3.61. The topological polar surface area (TPSA) is 57.7 Å². The molecular weight excluding hydrogens is 427 g/mol. The molecule has 0 spiro atoms. The molecule has 25 heavy (non-hydrogen) atoms. The molecule has 3 N–H and O–H groups in total. The zero-order valence-electron chi connectivity index (χ0n) is 15.7. The number of hydrogen-bond donors (Lipinski definition) is 3. The number of nitrogens with one attached hydrogen (secondary N) is 3. The van der Waals surface area contributed by atoms with Gasteiger partial charge in [0.1, 0.15) is 0 Å². The van der Waals surface area contributed by atoms with Crippen LogP contribution in [-0.4, -0.2) is 39.3 Å². The zero-order chi connectivity index (χ0) is 17.2. The van der Waals surface area contributed by atoms with Gasteiger partial charge in [-0.3, -0.25) is 4.99 Å². The molecule has 0 bridgehead atoms. The Labute approximate surface area is 169 Å². The number of halogens is 1. The van der Waals surface area contributed by atoms with Crippen molar-refractivity contribution in [3.05, 3.63) is 29.8 Å². The molecule has 142 valence electrons. The van der Waals surface area contributed by atoms with Crippen molar-refractivity contribution in [1.29, 1.82) is 0 Å². The number of ether oxygens (including phenoxy) is 1. The minimum atomic E-state index is 0. The lowest BCUT2D eigenvalue weighted by atomic mass is 9.87. The van der Waals surface area contributed by atoms with Crippen molar-refractivity contribution in [2.24, 2.45) is 10.9 Å². The smallest absolute Gasteiger partial charge is 0.191 e. The van der Waals surface area contributed by atoms with E-state index in [1.807, 2.05) is 7.05 Å². The van der Waals surface area contributed by atoms with Gasteiger partial charge in [0.15, 0.2) is 5.96 Å². The molecule has 0 radical (unpaired) electrons. The van der Waals surface area contributed by atoms with E-state index in [1.165, 1.54) is 31.2 Å². The number of hydrogen-bond acceptors (Lipinski definition) is 3.